The Hall–Kier alpha value is -2.74. The molecule has 0 N–H and O–H groups in total. The van der Waals surface area contributed by atoms with E-state index >= 15 is 0 Å². The monoisotopic (exact) mass is 435 g/mol. The number of fused-ring (bicyclic) bond motifs is 1. The minimum Gasteiger partial charge on any atom is -0.207 e. The second-order valence-corrected chi connectivity index (χ2v) is 10.1. The Kier molecular flexibility index (Phi) is 5.85. The number of rotatable bonds is 6. The van der Waals surface area contributed by atoms with Gasteiger partial charge in [-0.25, -0.2) is 12.7 Å². The van der Waals surface area contributed by atoms with E-state index in [0.717, 1.165) is 32.6 Å². The van der Waals surface area contributed by atoms with E-state index in [0.29, 0.717) is 10.6 Å². The normalized spacial score (nSPS) is 11.8. The molecule has 0 saturated heterocycles. The first kappa shape index (κ1) is 20.5. The van der Waals surface area contributed by atoms with Crippen molar-refractivity contribution in [1.29, 1.82) is 0 Å². The van der Waals surface area contributed by atoms with Crippen molar-refractivity contribution in [3.05, 3.63) is 84.4 Å². The van der Waals surface area contributed by atoms with Crippen LogP contribution < -0.4 is 0 Å². The number of benzene rings is 3. The molecule has 0 aliphatic heterocycles. The number of nitrogens with zero attached hydrogens (tertiary/aromatic N) is 3. The van der Waals surface area contributed by atoms with Crippen LogP contribution in [0.3, 0.4) is 0 Å². The van der Waals surface area contributed by atoms with Gasteiger partial charge in [0.25, 0.3) is 0 Å². The van der Waals surface area contributed by atoms with E-state index in [-0.39, 0.29) is 0 Å². The fraction of sp³-hybridized carbons (Fsp3) is 0.130. The van der Waals surface area contributed by atoms with Crippen molar-refractivity contribution in [2.45, 2.75) is 15.7 Å². The summed E-state index contributed by atoms with van der Waals surface area (Å²) in [7, 11) is -0.388. The molecule has 0 amide bonds. The number of sulfonamides is 1. The lowest BCUT2D eigenvalue weighted by Crippen LogP contribution is -2.22. The van der Waals surface area contributed by atoms with Gasteiger partial charge in [-0.1, -0.05) is 78.5 Å². The quantitative estimate of drug-likeness (QED) is 0.406. The Morgan fingerprint density at radius 1 is 0.833 bits per heavy atom. The maximum absolute atomic E-state index is 12.4. The van der Waals surface area contributed by atoms with Gasteiger partial charge in [-0.15, -0.1) is 10.2 Å². The van der Waals surface area contributed by atoms with Crippen LogP contribution >= 0.6 is 11.8 Å². The summed E-state index contributed by atoms with van der Waals surface area (Å²) in [6.45, 7) is 0. The summed E-state index contributed by atoms with van der Waals surface area (Å²) in [5.41, 5.74) is 2.80. The second-order valence-electron chi connectivity index (χ2n) is 6.99. The van der Waals surface area contributed by atoms with Crippen LogP contribution in [-0.4, -0.2) is 37.0 Å². The molecule has 0 radical (unpaired) electrons. The largest absolute Gasteiger partial charge is 0.242 e. The van der Waals surface area contributed by atoms with E-state index in [4.69, 9.17) is 0 Å². The summed E-state index contributed by atoms with van der Waals surface area (Å²) in [4.78, 5) is 0.293. The molecular weight excluding hydrogens is 414 g/mol. The standard InChI is InChI=1S/C23H21N3O2S2/c1-26(2)30(27,28)19-12-8-9-17(15-19)16-29-23-21-14-7-6-13-20(21)22(24-25-23)18-10-4-3-5-11-18/h3-15H,16H2,1-2H3. The molecule has 1 heterocycles. The fourth-order valence-corrected chi connectivity index (χ4v) is 5.04. The molecule has 0 bridgehead atoms. The fourth-order valence-electron chi connectivity index (χ4n) is 3.15. The third kappa shape index (κ3) is 4.09. The summed E-state index contributed by atoms with van der Waals surface area (Å²) in [6, 6.07) is 25.1. The molecule has 0 fully saturated rings. The van der Waals surface area contributed by atoms with Crippen molar-refractivity contribution >= 4 is 32.6 Å². The number of thioether (sulfide) groups is 1. The van der Waals surface area contributed by atoms with Crippen molar-refractivity contribution in [3.63, 3.8) is 0 Å². The van der Waals surface area contributed by atoms with Crippen LogP contribution in [0.2, 0.25) is 0 Å². The predicted octanol–water partition coefficient (Wildman–Crippen LogP) is 4.84. The molecule has 4 rings (SSSR count). The first-order valence-electron chi connectivity index (χ1n) is 9.42. The summed E-state index contributed by atoms with van der Waals surface area (Å²) in [5.74, 6) is 0.597. The molecule has 0 aliphatic carbocycles. The van der Waals surface area contributed by atoms with Crippen LogP contribution in [0.25, 0.3) is 22.0 Å². The van der Waals surface area contributed by atoms with Crippen LogP contribution in [0.15, 0.2) is 88.8 Å². The van der Waals surface area contributed by atoms with E-state index in [1.54, 1.807) is 30.0 Å². The molecule has 0 spiro atoms. The highest BCUT2D eigenvalue weighted by Gasteiger charge is 2.17. The number of hydrogen-bond acceptors (Lipinski definition) is 5. The van der Waals surface area contributed by atoms with E-state index in [9.17, 15) is 8.42 Å². The molecule has 0 saturated carbocycles. The Bertz CT molecular complexity index is 1290. The molecular formula is C23H21N3O2S2. The molecule has 1 aromatic heterocycles. The van der Waals surface area contributed by atoms with Gasteiger partial charge in [-0.05, 0) is 17.7 Å². The van der Waals surface area contributed by atoms with Crippen LogP contribution in [-0.2, 0) is 15.8 Å². The molecule has 0 atom stereocenters. The van der Waals surface area contributed by atoms with Gasteiger partial charge < -0.3 is 0 Å². The third-order valence-electron chi connectivity index (χ3n) is 4.75. The Labute approximate surface area is 180 Å². The van der Waals surface area contributed by atoms with Crippen LogP contribution in [0.5, 0.6) is 0 Å². The topological polar surface area (TPSA) is 63.2 Å². The SMILES string of the molecule is CN(C)S(=O)(=O)c1cccc(CSc2nnc(-c3ccccc3)c3ccccc23)c1. The average Bonchev–Trinajstić information content (AvgIpc) is 2.78. The van der Waals surface area contributed by atoms with Crippen LogP contribution in [0.1, 0.15) is 5.56 Å². The highest BCUT2D eigenvalue weighted by molar-refractivity contribution is 7.98. The first-order valence-corrected chi connectivity index (χ1v) is 11.8. The van der Waals surface area contributed by atoms with Crippen molar-refractivity contribution in [3.8, 4) is 11.3 Å². The smallest absolute Gasteiger partial charge is 0.207 e. The van der Waals surface area contributed by atoms with Gasteiger partial charge in [-0.3, -0.25) is 0 Å². The van der Waals surface area contributed by atoms with Crippen molar-refractivity contribution < 1.29 is 8.42 Å². The van der Waals surface area contributed by atoms with Gasteiger partial charge in [0.2, 0.25) is 10.0 Å². The molecule has 0 aliphatic rings. The second kappa shape index (κ2) is 8.55. The molecule has 3 aromatic carbocycles. The van der Waals surface area contributed by atoms with Gasteiger partial charge in [-0.2, -0.15) is 0 Å². The Morgan fingerprint density at radius 2 is 1.53 bits per heavy atom. The lowest BCUT2D eigenvalue weighted by atomic mass is 10.1. The van der Waals surface area contributed by atoms with E-state index in [2.05, 4.69) is 16.3 Å². The van der Waals surface area contributed by atoms with Crippen LogP contribution in [0, 0.1) is 0 Å². The molecule has 0 unspecified atom stereocenters. The molecule has 7 heteroatoms. The number of aromatic nitrogens is 2. The van der Waals surface area contributed by atoms with Gasteiger partial charge in [0.1, 0.15) is 10.7 Å². The molecule has 4 aromatic rings. The maximum Gasteiger partial charge on any atom is 0.242 e. The number of hydrogen-bond donors (Lipinski definition) is 0. The Balaban J connectivity index is 1.65. The van der Waals surface area contributed by atoms with Crippen molar-refractivity contribution in [2.75, 3.05) is 14.1 Å². The van der Waals surface area contributed by atoms with Gasteiger partial charge in [0.05, 0.1) is 4.90 Å². The van der Waals surface area contributed by atoms with E-state index < -0.39 is 10.0 Å². The lowest BCUT2D eigenvalue weighted by Gasteiger charge is -2.12. The highest BCUT2D eigenvalue weighted by atomic mass is 32.2. The zero-order chi connectivity index (χ0) is 21.1. The van der Waals surface area contributed by atoms with E-state index in [1.165, 1.54) is 18.4 Å². The molecule has 152 valence electrons. The summed E-state index contributed by atoms with van der Waals surface area (Å²) >= 11 is 1.55. The van der Waals surface area contributed by atoms with Gasteiger partial charge >= 0.3 is 0 Å². The zero-order valence-corrected chi connectivity index (χ0v) is 18.3. The van der Waals surface area contributed by atoms with Gasteiger partial charge in [0, 0.05) is 36.2 Å². The van der Waals surface area contributed by atoms with Crippen molar-refractivity contribution in [1.82, 2.24) is 14.5 Å². The zero-order valence-electron chi connectivity index (χ0n) is 16.7. The summed E-state index contributed by atoms with van der Waals surface area (Å²) in [5, 5.41) is 11.9. The summed E-state index contributed by atoms with van der Waals surface area (Å²) < 4.78 is 26.0. The summed E-state index contributed by atoms with van der Waals surface area (Å²) in [6.07, 6.45) is 0. The average molecular weight is 436 g/mol. The maximum atomic E-state index is 12.4. The minimum atomic E-state index is -3.46. The lowest BCUT2D eigenvalue weighted by molar-refractivity contribution is 0.520. The van der Waals surface area contributed by atoms with E-state index in [1.807, 2.05) is 54.6 Å². The van der Waals surface area contributed by atoms with Crippen LogP contribution in [0.4, 0.5) is 0 Å². The first-order chi connectivity index (χ1) is 14.5. The molecule has 30 heavy (non-hydrogen) atoms. The Morgan fingerprint density at radius 3 is 2.27 bits per heavy atom. The van der Waals surface area contributed by atoms with Crippen molar-refractivity contribution in [2.24, 2.45) is 0 Å². The predicted molar refractivity (Wildman–Crippen MR) is 122 cm³/mol. The molecule has 5 nitrogen and oxygen atoms in total. The highest BCUT2D eigenvalue weighted by Crippen LogP contribution is 2.33. The third-order valence-corrected chi connectivity index (χ3v) is 7.62. The minimum absolute atomic E-state index is 0.293. The van der Waals surface area contributed by atoms with Gasteiger partial charge in [0.15, 0.2) is 0 Å².